The van der Waals surface area contributed by atoms with Crippen LogP contribution in [0.25, 0.3) is 11.0 Å². The number of H-pyrrole nitrogens is 1. The lowest BCUT2D eigenvalue weighted by atomic mass is 10.1. The summed E-state index contributed by atoms with van der Waals surface area (Å²) >= 11 is 12.0. The maximum Gasteiger partial charge on any atom is 0.352 e. The normalized spacial score (nSPS) is 12.0. The third kappa shape index (κ3) is 3.45. The number of rotatable bonds is 4. The van der Waals surface area contributed by atoms with Gasteiger partial charge in [0.15, 0.2) is 0 Å². The van der Waals surface area contributed by atoms with Gasteiger partial charge in [-0.1, -0.05) is 29.3 Å². The van der Waals surface area contributed by atoms with E-state index in [-0.39, 0.29) is 16.1 Å². The van der Waals surface area contributed by atoms with E-state index in [1.54, 1.807) is 18.3 Å². The van der Waals surface area contributed by atoms with Crippen LogP contribution in [0.2, 0.25) is 10.0 Å². The molecule has 0 saturated heterocycles. The number of carbonyl (C=O) groups is 2. The van der Waals surface area contributed by atoms with Crippen LogP contribution in [0.4, 0.5) is 0 Å². The molecule has 0 saturated carbocycles. The Balaban J connectivity index is 1.97. The molecule has 128 valence electrons. The van der Waals surface area contributed by atoms with Crippen molar-refractivity contribution in [1.29, 1.82) is 0 Å². The van der Waals surface area contributed by atoms with Crippen LogP contribution in [0.3, 0.4) is 0 Å². The van der Waals surface area contributed by atoms with E-state index < -0.39 is 18.0 Å². The summed E-state index contributed by atoms with van der Waals surface area (Å²) in [5.74, 6) is -1.45. The van der Waals surface area contributed by atoms with Crippen LogP contribution < -0.4 is 0 Å². The van der Waals surface area contributed by atoms with Crippen LogP contribution in [-0.4, -0.2) is 29.0 Å². The molecule has 25 heavy (non-hydrogen) atoms. The van der Waals surface area contributed by atoms with Gasteiger partial charge in [-0.15, -0.1) is 0 Å². The Labute approximate surface area is 152 Å². The summed E-state index contributed by atoms with van der Waals surface area (Å²) in [6.45, 7) is 0. The average molecular weight is 379 g/mol. The molecule has 2 heterocycles. The number of pyridine rings is 1. The predicted octanol–water partition coefficient (Wildman–Crippen LogP) is 3.94. The lowest BCUT2D eigenvalue weighted by Crippen LogP contribution is -2.21. The molecule has 0 radical (unpaired) electrons. The maximum absolute atomic E-state index is 12.6. The van der Waals surface area contributed by atoms with Crippen molar-refractivity contribution in [2.45, 2.75) is 6.10 Å². The lowest BCUT2D eigenvalue weighted by Gasteiger charge is -2.17. The minimum absolute atomic E-state index is 0.192. The lowest BCUT2D eigenvalue weighted by molar-refractivity contribution is -0.151. The van der Waals surface area contributed by atoms with E-state index >= 15 is 0 Å². The smallest absolute Gasteiger partial charge is 0.352 e. The van der Waals surface area contributed by atoms with E-state index in [2.05, 4.69) is 9.97 Å². The summed E-state index contributed by atoms with van der Waals surface area (Å²) in [5, 5.41) is 1.17. The molecule has 3 rings (SSSR count). The quantitative estimate of drug-likeness (QED) is 0.695. The van der Waals surface area contributed by atoms with Crippen molar-refractivity contribution >= 4 is 46.2 Å². The highest BCUT2D eigenvalue weighted by atomic mass is 35.5. The van der Waals surface area contributed by atoms with Crippen molar-refractivity contribution in [1.82, 2.24) is 9.97 Å². The van der Waals surface area contributed by atoms with Crippen LogP contribution in [-0.2, 0) is 14.3 Å². The second-order valence-corrected chi connectivity index (χ2v) is 5.92. The Hall–Kier alpha value is -2.57. The summed E-state index contributed by atoms with van der Waals surface area (Å²) in [7, 11) is 1.20. The first-order valence-electron chi connectivity index (χ1n) is 7.17. The number of carbonyl (C=O) groups excluding carboxylic acids is 2. The number of nitrogens with zero attached hydrogens (tertiary/aromatic N) is 1. The minimum atomic E-state index is -1.32. The number of ether oxygens (including phenoxy) is 2. The van der Waals surface area contributed by atoms with E-state index in [0.717, 1.165) is 0 Å². The summed E-state index contributed by atoms with van der Waals surface area (Å²) < 4.78 is 10.1. The maximum atomic E-state index is 12.6. The van der Waals surface area contributed by atoms with Gasteiger partial charge < -0.3 is 14.5 Å². The molecule has 8 heteroatoms. The van der Waals surface area contributed by atoms with Gasteiger partial charge in [-0.25, -0.2) is 14.6 Å². The Morgan fingerprint density at radius 2 is 2.00 bits per heavy atom. The summed E-state index contributed by atoms with van der Waals surface area (Å²) in [6, 6.07) is 7.72. The summed E-state index contributed by atoms with van der Waals surface area (Å²) in [4.78, 5) is 31.7. The second kappa shape index (κ2) is 7.13. The van der Waals surface area contributed by atoms with Gasteiger partial charge in [0.2, 0.25) is 6.10 Å². The predicted molar refractivity (Wildman–Crippen MR) is 92.7 cm³/mol. The van der Waals surface area contributed by atoms with Crippen LogP contribution >= 0.6 is 23.2 Å². The van der Waals surface area contributed by atoms with E-state index in [1.165, 1.54) is 31.5 Å². The molecule has 0 amide bonds. The van der Waals surface area contributed by atoms with Crippen molar-refractivity contribution in [3.05, 3.63) is 63.9 Å². The SMILES string of the molecule is COC(=O)C(OC(=O)c1ccnc2[nH]ccc12)c1ccc(Cl)cc1Cl. The number of esters is 2. The molecule has 6 nitrogen and oxygen atoms in total. The highest BCUT2D eigenvalue weighted by molar-refractivity contribution is 6.35. The van der Waals surface area contributed by atoms with Gasteiger partial charge in [-0.05, 0) is 24.3 Å². The molecule has 0 bridgehead atoms. The number of halogens is 2. The zero-order chi connectivity index (χ0) is 18.0. The van der Waals surface area contributed by atoms with Gasteiger partial charge in [-0.3, -0.25) is 0 Å². The van der Waals surface area contributed by atoms with Crippen molar-refractivity contribution in [2.75, 3.05) is 7.11 Å². The molecule has 0 aliphatic heterocycles. The largest absolute Gasteiger partial charge is 0.466 e. The number of aromatic amines is 1. The first-order chi connectivity index (χ1) is 12.0. The number of hydrogen-bond acceptors (Lipinski definition) is 5. The third-order valence-electron chi connectivity index (χ3n) is 3.57. The van der Waals surface area contributed by atoms with Gasteiger partial charge >= 0.3 is 11.9 Å². The zero-order valence-electron chi connectivity index (χ0n) is 13.0. The highest BCUT2D eigenvalue weighted by Gasteiger charge is 2.29. The molecule has 0 aliphatic carbocycles. The standard InChI is InChI=1S/C17H12Cl2N2O4/c1-24-17(23)14(12-3-2-9(18)8-13(12)19)25-16(22)11-5-7-21-15-10(11)4-6-20-15/h2-8,14H,1H3,(H,20,21). The monoisotopic (exact) mass is 378 g/mol. The summed E-state index contributed by atoms with van der Waals surface area (Å²) in [5.41, 5.74) is 1.09. The van der Waals surface area contributed by atoms with E-state index in [4.69, 9.17) is 32.7 Å². The van der Waals surface area contributed by atoms with Crippen molar-refractivity contribution in [2.24, 2.45) is 0 Å². The Kier molecular flexibility index (Phi) is 4.92. The molecule has 2 aromatic heterocycles. The number of aromatic nitrogens is 2. The van der Waals surface area contributed by atoms with Gasteiger partial charge in [0.05, 0.1) is 12.7 Å². The van der Waals surface area contributed by atoms with Crippen molar-refractivity contribution in [3.63, 3.8) is 0 Å². The second-order valence-electron chi connectivity index (χ2n) is 5.07. The van der Waals surface area contributed by atoms with Gasteiger partial charge in [-0.2, -0.15) is 0 Å². The third-order valence-corrected chi connectivity index (χ3v) is 4.13. The van der Waals surface area contributed by atoms with Crippen molar-refractivity contribution < 1.29 is 19.1 Å². The molecular formula is C17H12Cl2N2O4. The molecule has 1 atom stereocenters. The molecule has 0 fully saturated rings. The number of hydrogen-bond donors (Lipinski definition) is 1. The Morgan fingerprint density at radius 3 is 2.72 bits per heavy atom. The van der Waals surface area contributed by atoms with Crippen LogP contribution in [0.15, 0.2) is 42.7 Å². The van der Waals surface area contributed by atoms with Crippen LogP contribution in [0.5, 0.6) is 0 Å². The molecule has 3 aromatic rings. The molecule has 1 unspecified atom stereocenters. The fourth-order valence-electron chi connectivity index (χ4n) is 2.37. The number of benzene rings is 1. The molecular weight excluding hydrogens is 367 g/mol. The minimum Gasteiger partial charge on any atom is -0.466 e. The first-order valence-corrected chi connectivity index (χ1v) is 7.92. The average Bonchev–Trinajstić information content (AvgIpc) is 3.08. The number of methoxy groups -OCH3 is 1. The number of nitrogens with one attached hydrogen (secondary N) is 1. The number of fused-ring (bicyclic) bond motifs is 1. The Morgan fingerprint density at radius 1 is 1.20 bits per heavy atom. The topological polar surface area (TPSA) is 81.3 Å². The summed E-state index contributed by atoms with van der Waals surface area (Å²) in [6.07, 6.45) is 1.81. The van der Waals surface area contributed by atoms with E-state index in [1.807, 2.05) is 0 Å². The fourth-order valence-corrected chi connectivity index (χ4v) is 2.88. The first kappa shape index (κ1) is 17.3. The van der Waals surface area contributed by atoms with Crippen LogP contribution in [0.1, 0.15) is 22.0 Å². The molecule has 1 aromatic carbocycles. The van der Waals surface area contributed by atoms with Crippen molar-refractivity contribution in [3.8, 4) is 0 Å². The van der Waals surface area contributed by atoms with E-state index in [9.17, 15) is 9.59 Å². The zero-order valence-corrected chi connectivity index (χ0v) is 14.5. The Bertz CT molecular complexity index is 955. The molecule has 0 spiro atoms. The molecule has 0 aliphatic rings. The molecule has 1 N–H and O–H groups in total. The van der Waals surface area contributed by atoms with Crippen LogP contribution in [0, 0.1) is 0 Å². The van der Waals surface area contributed by atoms with E-state index in [0.29, 0.717) is 16.1 Å². The fraction of sp³-hybridized carbons (Fsp3) is 0.118. The van der Waals surface area contributed by atoms with Gasteiger partial charge in [0.25, 0.3) is 0 Å². The van der Waals surface area contributed by atoms with Gasteiger partial charge in [0, 0.05) is 33.4 Å². The highest BCUT2D eigenvalue weighted by Crippen LogP contribution is 2.30. The van der Waals surface area contributed by atoms with Gasteiger partial charge in [0.1, 0.15) is 5.65 Å².